The van der Waals surface area contributed by atoms with Crippen LogP contribution in [0.25, 0.3) is 0 Å². The standard InChI is InChI=1S/C12H16ClNO4/c1-7(15)14-6-11(16)12(17)9-4-3-8(18-2)5-10(9)13/h3-5,11-12,16-17H,6H2,1-2H3,(H,14,15). The zero-order valence-electron chi connectivity index (χ0n) is 10.2. The highest BCUT2D eigenvalue weighted by molar-refractivity contribution is 6.31. The van der Waals surface area contributed by atoms with Crippen LogP contribution >= 0.6 is 11.6 Å². The van der Waals surface area contributed by atoms with Crippen LogP contribution in [0, 0.1) is 0 Å². The van der Waals surface area contributed by atoms with E-state index in [0.717, 1.165) is 0 Å². The van der Waals surface area contributed by atoms with Crippen LogP contribution in [-0.4, -0.2) is 35.9 Å². The molecule has 0 spiro atoms. The molecule has 5 nitrogen and oxygen atoms in total. The number of hydrogen-bond acceptors (Lipinski definition) is 4. The second-order valence-electron chi connectivity index (χ2n) is 3.84. The summed E-state index contributed by atoms with van der Waals surface area (Å²) in [5, 5.41) is 22.4. The molecule has 2 atom stereocenters. The van der Waals surface area contributed by atoms with Crippen molar-refractivity contribution in [2.24, 2.45) is 0 Å². The predicted octanol–water partition coefficient (Wildman–Crippen LogP) is 0.879. The van der Waals surface area contributed by atoms with Gasteiger partial charge >= 0.3 is 0 Å². The lowest BCUT2D eigenvalue weighted by molar-refractivity contribution is -0.119. The van der Waals surface area contributed by atoms with Gasteiger partial charge in [0.25, 0.3) is 0 Å². The molecule has 3 N–H and O–H groups in total. The number of aliphatic hydroxyl groups excluding tert-OH is 2. The van der Waals surface area contributed by atoms with Gasteiger partial charge in [0.05, 0.1) is 12.1 Å². The maximum atomic E-state index is 10.7. The predicted molar refractivity (Wildman–Crippen MR) is 67.7 cm³/mol. The highest BCUT2D eigenvalue weighted by Crippen LogP contribution is 2.28. The molecular formula is C12H16ClNO4. The molecule has 0 bridgehead atoms. The van der Waals surface area contributed by atoms with Gasteiger partial charge in [-0.15, -0.1) is 0 Å². The minimum atomic E-state index is -1.17. The van der Waals surface area contributed by atoms with Crippen molar-refractivity contribution < 1.29 is 19.7 Å². The molecule has 0 fully saturated rings. The molecule has 0 radical (unpaired) electrons. The van der Waals surface area contributed by atoms with Crippen molar-refractivity contribution in [1.82, 2.24) is 5.32 Å². The first-order valence-electron chi connectivity index (χ1n) is 5.39. The first-order chi connectivity index (χ1) is 8.45. The van der Waals surface area contributed by atoms with Crippen molar-refractivity contribution in [2.75, 3.05) is 13.7 Å². The third kappa shape index (κ3) is 3.87. The van der Waals surface area contributed by atoms with Crippen LogP contribution in [0.15, 0.2) is 18.2 Å². The number of aliphatic hydroxyl groups is 2. The number of carbonyl (C=O) groups excluding carboxylic acids is 1. The average Bonchev–Trinajstić information content (AvgIpc) is 2.34. The van der Waals surface area contributed by atoms with Crippen molar-refractivity contribution in [3.63, 3.8) is 0 Å². The van der Waals surface area contributed by atoms with Crippen molar-refractivity contribution in [3.8, 4) is 5.75 Å². The van der Waals surface area contributed by atoms with E-state index in [0.29, 0.717) is 16.3 Å². The van der Waals surface area contributed by atoms with E-state index in [1.807, 2.05) is 0 Å². The van der Waals surface area contributed by atoms with Crippen LogP contribution in [-0.2, 0) is 4.79 Å². The van der Waals surface area contributed by atoms with Crippen molar-refractivity contribution in [3.05, 3.63) is 28.8 Å². The summed E-state index contributed by atoms with van der Waals surface area (Å²) < 4.78 is 4.98. The summed E-state index contributed by atoms with van der Waals surface area (Å²) in [6, 6.07) is 4.75. The van der Waals surface area contributed by atoms with Gasteiger partial charge in [-0.3, -0.25) is 4.79 Å². The molecule has 18 heavy (non-hydrogen) atoms. The van der Waals surface area contributed by atoms with Crippen molar-refractivity contribution in [1.29, 1.82) is 0 Å². The first-order valence-corrected chi connectivity index (χ1v) is 5.77. The molecule has 1 rings (SSSR count). The molecule has 2 unspecified atom stereocenters. The van der Waals surface area contributed by atoms with E-state index in [2.05, 4.69) is 5.32 Å². The summed E-state index contributed by atoms with van der Waals surface area (Å²) >= 11 is 5.97. The van der Waals surface area contributed by atoms with E-state index in [-0.39, 0.29) is 12.5 Å². The maximum Gasteiger partial charge on any atom is 0.216 e. The summed E-state index contributed by atoms with van der Waals surface area (Å²) in [5.74, 6) is 0.286. The fourth-order valence-electron chi connectivity index (χ4n) is 1.44. The fraction of sp³-hybridized carbons (Fsp3) is 0.417. The lowest BCUT2D eigenvalue weighted by atomic mass is 10.0. The zero-order valence-corrected chi connectivity index (χ0v) is 10.9. The van der Waals surface area contributed by atoms with Gasteiger partial charge in [-0.1, -0.05) is 17.7 Å². The van der Waals surface area contributed by atoms with E-state index in [4.69, 9.17) is 16.3 Å². The molecule has 0 aromatic heterocycles. The van der Waals surface area contributed by atoms with Crippen LogP contribution in [0.5, 0.6) is 5.75 Å². The Bertz CT molecular complexity index is 425. The number of ether oxygens (including phenoxy) is 1. The van der Waals surface area contributed by atoms with Gasteiger partial charge in [0.2, 0.25) is 5.91 Å². The quantitative estimate of drug-likeness (QED) is 0.744. The zero-order chi connectivity index (χ0) is 13.7. The first kappa shape index (κ1) is 14.8. The number of nitrogens with one attached hydrogen (secondary N) is 1. The van der Waals surface area contributed by atoms with Gasteiger partial charge in [0, 0.05) is 19.0 Å². The monoisotopic (exact) mass is 273 g/mol. The summed E-state index contributed by atoms with van der Waals surface area (Å²) in [6.07, 6.45) is -2.30. The van der Waals surface area contributed by atoms with Gasteiger partial charge < -0.3 is 20.3 Å². The molecule has 0 saturated heterocycles. The third-order valence-electron chi connectivity index (χ3n) is 2.45. The minimum Gasteiger partial charge on any atom is -0.497 e. The van der Waals surface area contributed by atoms with Crippen molar-refractivity contribution in [2.45, 2.75) is 19.1 Å². The van der Waals surface area contributed by atoms with Crippen LogP contribution in [0.4, 0.5) is 0 Å². The maximum absolute atomic E-state index is 10.7. The molecule has 1 aromatic carbocycles. The highest BCUT2D eigenvalue weighted by Gasteiger charge is 2.21. The Balaban J connectivity index is 2.76. The van der Waals surface area contributed by atoms with Gasteiger partial charge in [-0.25, -0.2) is 0 Å². The van der Waals surface area contributed by atoms with E-state index >= 15 is 0 Å². The molecule has 1 aromatic rings. The fourth-order valence-corrected chi connectivity index (χ4v) is 1.72. The van der Waals surface area contributed by atoms with E-state index in [1.54, 1.807) is 18.2 Å². The topological polar surface area (TPSA) is 78.8 Å². The minimum absolute atomic E-state index is 0.0428. The Morgan fingerprint density at radius 2 is 2.17 bits per heavy atom. The molecular weight excluding hydrogens is 258 g/mol. The lowest BCUT2D eigenvalue weighted by Gasteiger charge is -2.19. The van der Waals surface area contributed by atoms with Gasteiger partial charge in [0.15, 0.2) is 0 Å². The number of carbonyl (C=O) groups is 1. The van der Waals surface area contributed by atoms with Crippen LogP contribution in [0.3, 0.4) is 0 Å². The molecule has 0 saturated carbocycles. The van der Waals surface area contributed by atoms with Crippen molar-refractivity contribution >= 4 is 17.5 Å². The Hall–Kier alpha value is -1.30. The molecule has 0 aliphatic carbocycles. The number of amides is 1. The molecule has 100 valence electrons. The molecule has 0 aliphatic heterocycles. The summed E-state index contributed by atoms with van der Waals surface area (Å²) in [5.41, 5.74) is 0.385. The summed E-state index contributed by atoms with van der Waals surface area (Å²) in [7, 11) is 1.51. The Labute approximate surface area is 110 Å². The second-order valence-corrected chi connectivity index (χ2v) is 4.24. The van der Waals surface area contributed by atoms with Crippen LogP contribution in [0.1, 0.15) is 18.6 Å². The number of hydrogen-bond donors (Lipinski definition) is 3. The van der Waals surface area contributed by atoms with Gasteiger partial charge in [-0.05, 0) is 12.1 Å². The Morgan fingerprint density at radius 1 is 1.50 bits per heavy atom. The van der Waals surface area contributed by atoms with Gasteiger partial charge in [0.1, 0.15) is 18.0 Å². The largest absolute Gasteiger partial charge is 0.497 e. The van der Waals surface area contributed by atoms with E-state index in [9.17, 15) is 15.0 Å². The van der Waals surface area contributed by atoms with Gasteiger partial charge in [-0.2, -0.15) is 0 Å². The Morgan fingerprint density at radius 3 is 2.67 bits per heavy atom. The SMILES string of the molecule is COc1ccc(C(O)C(O)CNC(C)=O)c(Cl)c1. The van der Waals surface area contributed by atoms with E-state index in [1.165, 1.54) is 14.0 Å². The average molecular weight is 274 g/mol. The molecule has 0 heterocycles. The molecule has 1 amide bonds. The summed E-state index contributed by atoms with van der Waals surface area (Å²) in [6.45, 7) is 1.29. The summed E-state index contributed by atoms with van der Waals surface area (Å²) in [4.78, 5) is 10.7. The molecule has 0 aliphatic rings. The normalized spacial score (nSPS) is 13.8. The number of rotatable bonds is 5. The second kappa shape index (κ2) is 6.58. The Kier molecular flexibility index (Phi) is 5.40. The smallest absolute Gasteiger partial charge is 0.216 e. The highest BCUT2D eigenvalue weighted by atomic mass is 35.5. The number of methoxy groups -OCH3 is 1. The van der Waals surface area contributed by atoms with E-state index < -0.39 is 12.2 Å². The lowest BCUT2D eigenvalue weighted by Crippen LogP contribution is -2.34. The van der Waals surface area contributed by atoms with Crippen LogP contribution in [0.2, 0.25) is 5.02 Å². The molecule has 6 heteroatoms. The number of benzene rings is 1. The number of halogens is 1. The van der Waals surface area contributed by atoms with Crippen LogP contribution < -0.4 is 10.1 Å². The third-order valence-corrected chi connectivity index (χ3v) is 2.78.